The number of pyridine rings is 1. The first kappa shape index (κ1) is 11.4. The van der Waals surface area contributed by atoms with Gasteiger partial charge in [-0.25, -0.2) is 0 Å². The van der Waals surface area contributed by atoms with E-state index in [1.54, 1.807) is 24.4 Å². The quantitative estimate of drug-likeness (QED) is 0.819. The molecule has 0 aliphatic carbocycles. The van der Waals surface area contributed by atoms with Crippen LogP contribution in [0.1, 0.15) is 18.4 Å². The van der Waals surface area contributed by atoms with E-state index in [0.29, 0.717) is 13.1 Å². The molecule has 4 heteroatoms. The van der Waals surface area contributed by atoms with Crippen LogP contribution in [0.25, 0.3) is 10.9 Å². The molecule has 1 aromatic carbocycles. The Kier molecular flexibility index (Phi) is 3.23. The fraction of sp³-hybridized carbons (Fsp3) is 0.231. The monoisotopic (exact) mass is 231 g/mol. The lowest BCUT2D eigenvalue weighted by Crippen LogP contribution is -2.03. The summed E-state index contributed by atoms with van der Waals surface area (Å²) >= 11 is 0. The molecule has 88 valence electrons. The molecule has 0 amide bonds. The van der Waals surface area contributed by atoms with Crippen molar-refractivity contribution in [3.63, 3.8) is 0 Å². The van der Waals surface area contributed by atoms with Gasteiger partial charge in [0.05, 0.1) is 12.1 Å². The predicted octanol–water partition coefficient (Wildman–Crippen LogP) is 2.22. The molecule has 0 saturated heterocycles. The van der Waals surface area contributed by atoms with Gasteiger partial charge in [-0.05, 0) is 29.8 Å². The van der Waals surface area contributed by atoms with Gasteiger partial charge < -0.3 is 9.84 Å². The van der Waals surface area contributed by atoms with E-state index >= 15 is 0 Å². The zero-order valence-corrected chi connectivity index (χ0v) is 9.46. The molecule has 0 bridgehead atoms. The fourth-order valence-electron chi connectivity index (χ4n) is 1.69. The van der Waals surface area contributed by atoms with E-state index in [1.165, 1.54) is 0 Å². The Hall–Kier alpha value is -2.10. The summed E-state index contributed by atoms with van der Waals surface area (Å²) in [6, 6.07) is 6.98. The molecule has 0 spiro atoms. The summed E-state index contributed by atoms with van der Waals surface area (Å²) in [7, 11) is 0. The number of benzene rings is 1. The molecule has 0 fully saturated rings. The first-order chi connectivity index (χ1) is 8.20. The van der Waals surface area contributed by atoms with Crippen LogP contribution in [-0.2, 0) is 9.53 Å². The van der Waals surface area contributed by atoms with Gasteiger partial charge in [0.1, 0.15) is 5.75 Å². The first-order valence-electron chi connectivity index (χ1n) is 5.34. The maximum absolute atomic E-state index is 10.1. The van der Waals surface area contributed by atoms with Crippen LogP contribution in [0.15, 0.2) is 30.5 Å². The Bertz CT molecular complexity index is 539. The summed E-state index contributed by atoms with van der Waals surface area (Å²) in [6.07, 6.45) is 1.76. The largest absolute Gasteiger partial charge is 0.508 e. The maximum atomic E-state index is 10.1. The molecule has 1 atom stereocenters. The van der Waals surface area contributed by atoms with Gasteiger partial charge in [0, 0.05) is 17.5 Å². The molecule has 4 nitrogen and oxygen atoms in total. The summed E-state index contributed by atoms with van der Waals surface area (Å²) < 4.78 is 4.73. The molecule has 0 radical (unpaired) electrons. The van der Waals surface area contributed by atoms with Crippen molar-refractivity contribution >= 4 is 17.4 Å². The third-order valence-electron chi connectivity index (χ3n) is 2.67. The van der Waals surface area contributed by atoms with E-state index < -0.39 is 0 Å². The summed E-state index contributed by atoms with van der Waals surface area (Å²) in [6.45, 7) is 2.72. The zero-order chi connectivity index (χ0) is 12.3. The number of aromatic nitrogens is 1. The molecule has 2 rings (SSSR count). The SMILES string of the molecule is CC(COC=O)c1cnc2ccc(O)cc2c1. The minimum absolute atomic E-state index is 0.0828. The average molecular weight is 231 g/mol. The van der Waals surface area contributed by atoms with Crippen LogP contribution in [0.5, 0.6) is 5.75 Å². The number of carbonyl (C=O) groups excluding carboxylic acids is 1. The van der Waals surface area contributed by atoms with Crippen molar-refractivity contribution in [2.45, 2.75) is 12.8 Å². The van der Waals surface area contributed by atoms with Crippen LogP contribution in [-0.4, -0.2) is 23.2 Å². The van der Waals surface area contributed by atoms with Gasteiger partial charge in [0.2, 0.25) is 0 Å². The predicted molar refractivity (Wildman–Crippen MR) is 63.8 cm³/mol. The maximum Gasteiger partial charge on any atom is 0.293 e. The van der Waals surface area contributed by atoms with Gasteiger partial charge in [0.25, 0.3) is 6.47 Å². The molecular weight excluding hydrogens is 218 g/mol. The van der Waals surface area contributed by atoms with Gasteiger partial charge >= 0.3 is 0 Å². The summed E-state index contributed by atoms with van der Waals surface area (Å²) in [5, 5.41) is 10.3. The minimum atomic E-state index is 0.0828. The highest BCUT2D eigenvalue weighted by molar-refractivity contribution is 5.80. The molecule has 0 aliphatic rings. The molecule has 17 heavy (non-hydrogen) atoms. The second-order valence-corrected chi connectivity index (χ2v) is 3.98. The average Bonchev–Trinajstić information content (AvgIpc) is 2.35. The fourth-order valence-corrected chi connectivity index (χ4v) is 1.69. The minimum Gasteiger partial charge on any atom is -0.508 e. The van der Waals surface area contributed by atoms with Crippen molar-refractivity contribution in [3.8, 4) is 5.75 Å². The van der Waals surface area contributed by atoms with E-state index in [-0.39, 0.29) is 11.7 Å². The van der Waals surface area contributed by atoms with E-state index in [4.69, 9.17) is 4.74 Å². The highest BCUT2D eigenvalue weighted by atomic mass is 16.5. The number of hydrogen-bond donors (Lipinski definition) is 1. The molecule has 1 N–H and O–H groups in total. The number of phenolic OH excluding ortho intramolecular Hbond substituents is 1. The third-order valence-corrected chi connectivity index (χ3v) is 2.67. The van der Waals surface area contributed by atoms with Crippen molar-refractivity contribution < 1.29 is 14.6 Å². The number of carbonyl (C=O) groups is 1. The Labute approximate surface area is 98.9 Å². The topological polar surface area (TPSA) is 59.4 Å². The molecule has 1 unspecified atom stereocenters. The van der Waals surface area contributed by atoms with Gasteiger partial charge in [0.15, 0.2) is 0 Å². The van der Waals surface area contributed by atoms with Gasteiger partial charge in [-0.15, -0.1) is 0 Å². The molecule has 1 aromatic heterocycles. The van der Waals surface area contributed by atoms with Crippen LogP contribution < -0.4 is 0 Å². The number of phenols is 1. The summed E-state index contributed by atoms with van der Waals surface area (Å²) in [4.78, 5) is 14.4. The van der Waals surface area contributed by atoms with Crippen LogP contribution in [0.2, 0.25) is 0 Å². The molecule has 0 saturated carbocycles. The Balaban J connectivity index is 2.32. The van der Waals surface area contributed by atoms with Gasteiger partial charge in [-0.2, -0.15) is 0 Å². The molecule has 2 aromatic rings. The molecular formula is C13H13NO3. The third kappa shape index (κ3) is 2.53. The van der Waals surface area contributed by atoms with Crippen LogP contribution in [0.4, 0.5) is 0 Å². The second-order valence-electron chi connectivity index (χ2n) is 3.98. The number of aromatic hydroxyl groups is 1. The van der Waals surface area contributed by atoms with Crippen molar-refractivity contribution in [3.05, 3.63) is 36.0 Å². The van der Waals surface area contributed by atoms with Gasteiger partial charge in [-0.1, -0.05) is 6.92 Å². The van der Waals surface area contributed by atoms with Crippen LogP contribution in [0.3, 0.4) is 0 Å². The second kappa shape index (κ2) is 4.82. The smallest absolute Gasteiger partial charge is 0.293 e. The Morgan fingerprint density at radius 3 is 3.06 bits per heavy atom. The summed E-state index contributed by atoms with van der Waals surface area (Å²) in [5.41, 5.74) is 1.81. The zero-order valence-electron chi connectivity index (χ0n) is 9.46. The van der Waals surface area contributed by atoms with Crippen LogP contribution in [0, 0.1) is 0 Å². The van der Waals surface area contributed by atoms with Crippen molar-refractivity contribution in [2.75, 3.05) is 6.61 Å². The van der Waals surface area contributed by atoms with E-state index in [2.05, 4.69) is 4.98 Å². The van der Waals surface area contributed by atoms with Crippen LogP contribution >= 0.6 is 0 Å². The number of nitrogens with zero attached hydrogens (tertiary/aromatic N) is 1. The first-order valence-corrected chi connectivity index (χ1v) is 5.34. The lowest BCUT2D eigenvalue weighted by atomic mass is 10.0. The normalized spacial score (nSPS) is 12.3. The highest BCUT2D eigenvalue weighted by Crippen LogP contribution is 2.22. The number of rotatable bonds is 4. The van der Waals surface area contributed by atoms with Crippen molar-refractivity contribution in [1.82, 2.24) is 4.98 Å². The highest BCUT2D eigenvalue weighted by Gasteiger charge is 2.07. The van der Waals surface area contributed by atoms with E-state index in [9.17, 15) is 9.90 Å². The van der Waals surface area contributed by atoms with E-state index in [0.717, 1.165) is 16.5 Å². The number of hydrogen-bond acceptors (Lipinski definition) is 4. The number of ether oxygens (including phenoxy) is 1. The van der Waals surface area contributed by atoms with Gasteiger partial charge in [-0.3, -0.25) is 9.78 Å². The molecule has 0 aliphatic heterocycles. The Morgan fingerprint density at radius 2 is 2.29 bits per heavy atom. The molecule has 1 heterocycles. The summed E-state index contributed by atoms with van der Waals surface area (Å²) in [5.74, 6) is 0.299. The Morgan fingerprint density at radius 1 is 1.47 bits per heavy atom. The van der Waals surface area contributed by atoms with Crippen molar-refractivity contribution in [2.24, 2.45) is 0 Å². The van der Waals surface area contributed by atoms with E-state index in [1.807, 2.05) is 13.0 Å². The number of fused-ring (bicyclic) bond motifs is 1. The standard InChI is InChI=1S/C13H13NO3/c1-9(7-17-8-15)11-4-10-5-12(16)2-3-13(10)14-6-11/h2-6,8-9,16H,7H2,1H3. The lowest BCUT2D eigenvalue weighted by molar-refractivity contribution is -0.129. The lowest BCUT2D eigenvalue weighted by Gasteiger charge is -2.10. The van der Waals surface area contributed by atoms with Crippen molar-refractivity contribution in [1.29, 1.82) is 0 Å².